The van der Waals surface area contributed by atoms with E-state index in [0.29, 0.717) is 30.4 Å². The Morgan fingerprint density at radius 2 is 1.97 bits per heavy atom. The van der Waals surface area contributed by atoms with Crippen LogP contribution in [0.3, 0.4) is 0 Å². The van der Waals surface area contributed by atoms with Gasteiger partial charge in [0.15, 0.2) is 6.04 Å². The van der Waals surface area contributed by atoms with Gasteiger partial charge in [0, 0.05) is 30.5 Å². The van der Waals surface area contributed by atoms with Crippen molar-refractivity contribution >= 4 is 17.5 Å². The molecule has 2 amide bonds. The molecule has 202 valence electrons. The molecular formula is C28H30N6O5. The first-order valence-corrected chi connectivity index (χ1v) is 12.8. The van der Waals surface area contributed by atoms with Crippen molar-refractivity contribution in [2.45, 2.75) is 45.4 Å². The number of rotatable bonds is 9. The second-order valence-electron chi connectivity index (χ2n) is 9.52. The third-order valence-corrected chi connectivity index (χ3v) is 6.48. The molecule has 1 fully saturated rings. The molecule has 2 unspecified atom stereocenters. The lowest BCUT2D eigenvalue weighted by molar-refractivity contribution is -0.127. The third kappa shape index (κ3) is 6.15. The van der Waals surface area contributed by atoms with Crippen molar-refractivity contribution in [2.24, 2.45) is 0 Å². The lowest BCUT2D eigenvalue weighted by Crippen LogP contribution is -2.46. The van der Waals surface area contributed by atoms with E-state index in [4.69, 9.17) is 9.15 Å². The molecule has 0 saturated carbocycles. The number of phenolic OH excluding ortho intramolecular Hbond substituents is 1. The normalized spacial score (nSPS) is 15.7. The molecular weight excluding hydrogens is 500 g/mol. The zero-order chi connectivity index (χ0) is 27.4. The highest BCUT2D eigenvalue weighted by Gasteiger charge is 2.36. The number of benzene rings is 2. The summed E-state index contributed by atoms with van der Waals surface area (Å²) in [5.74, 6) is 0.245. The molecule has 0 bridgehead atoms. The van der Waals surface area contributed by atoms with Crippen LogP contribution in [0.4, 0.5) is 5.69 Å². The fraction of sp³-hybridized carbons (Fsp3) is 0.321. The van der Waals surface area contributed by atoms with E-state index in [2.05, 4.69) is 20.7 Å². The number of furan rings is 1. The standard InChI is InChI=1S/C28H30N6O5/c1-18-8-11-20(12-9-18)27-30-32-33(31-27)17-25(36)34(21-5-3-6-22(35)15-21)26(24-13-10-19(2)39-24)28(37)29-16-23-7-4-14-38-23/h3,5-6,8-13,15,23,26,35H,4,7,14,16-17H2,1-2H3,(H,29,37). The summed E-state index contributed by atoms with van der Waals surface area (Å²) >= 11 is 0. The summed E-state index contributed by atoms with van der Waals surface area (Å²) in [4.78, 5) is 30.0. The van der Waals surface area contributed by atoms with Crippen molar-refractivity contribution in [3.8, 4) is 17.1 Å². The number of hydrogen-bond donors (Lipinski definition) is 2. The molecule has 3 heterocycles. The summed E-state index contributed by atoms with van der Waals surface area (Å²) in [6.07, 6.45) is 1.70. The zero-order valence-electron chi connectivity index (χ0n) is 21.8. The van der Waals surface area contributed by atoms with Crippen LogP contribution in [0.25, 0.3) is 11.4 Å². The minimum Gasteiger partial charge on any atom is -0.508 e. The number of aromatic hydroxyl groups is 1. The maximum atomic E-state index is 13.9. The summed E-state index contributed by atoms with van der Waals surface area (Å²) < 4.78 is 11.5. The van der Waals surface area contributed by atoms with Gasteiger partial charge in [0.05, 0.1) is 6.10 Å². The van der Waals surface area contributed by atoms with Gasteiger partial charge in [0.1, 0.15) is 23.8 Å². The van der Waals surface area contributed by atoms with Crippen molar-refractivity contribution < 1.29 is 23.8 Å². The Balaban J connectivity index is 1.46. The van der Waals surface area contributed by atoms with Gasteiger partial charge in [-0.2, -0.15) is 4.80 Å². The lowest BCUT2D eigenvalue weighted by Gasteiger charge is -2.30. The van der Waals surface area contributed by atoms with Crippen LogP contribution in [-0.2, 0) is 20.9 Å². The molecule has 2 atom stereocenters. The number of nitrogens with zero attached hydrogens (tertiary/aromatic N) is 5. The van der Waals surface area contributed by atoms with Crippen LogP contribution in [-0.4, -0.2) is 56.4 Å². The number of nitrogens with one attached hydrogen (secondary N) is 1. The van der Waals surface area contributed by atoms with E-state index >= 15 is 0 Å². The molecule has 2 N–H and O–H groups in total. The number of carbonyl (C=O) groups is 2. The van der Waals surface area contributed by atoms with Gasteiger partial charge in [0.2, 0.25) is 5.82 Å². The van der Waals surface area contributed by atoms with Crippen LogP contribution in [0.5, 0.6) is 5.75 Å². The van der Waals surface area contributed by atoms with Gasteiger partial charge >= 0.3 is 0 Å². The van der Waals surface area contributed by atoms with E-state index < -0.39 is 17.9 Å². The van der Waals surface area contributed by atoms with Crippen molar-refractivity contribution in [3.05, 3.63) is 77.7 Å². The Morgan fingerprint density at radius 1 is 1.15 bits per heavy atom. The average Bonchev–Trinajstić information content (AvgIpc) is 3.69. The van der Waals surface area contributed by atoms with E-state index in [1.54, 1.807) is 31.2 Å². The van der Waals surface area contributed by atoms with E-state index in [0.717, 1.165) is 24.0 Å². The number of amides is 2. The summed E-state index contributed by atoms with van der Waals surface area (Å²) in [6, 6.07) is 16.0. The van der Waals surface area contributed by atoms with Crippen molar-refractivity contribution in [2.75, 3.05) is 18.1 Å². The monoisotopic (exact) mass is 530 g/mol. The molecule has 0 spiro atoms. The predicted octanol–water partition coefficient (Wildman–Crippen LogP) is 3.33. The molecule has 2 aromatic carbocycles. The Hall–Kier alpha value is -4.51. The van der Waals surface area contributed by atoms with Crippen LogP contribution in [0.2, 0.25) is 0 Å². The highest BCUT2D eigenvalue weighted by Crippen LogP contribution is 2.31. The summed E-state index contributed by atoms with van der Waals surface area (Å²) in [7, 11) is 0. The third-order valence-electron chi connectivity index (χ3n) is 6.48. The SMILES string of the molecule is Cc1ccc(-c2nnn(CC(=O)N(c3cccc(O)c3)C(C(=O)NCC3CCCO3)c3ccc(C)o3)n2)cc1. The molecule has 11 heteroatoms. The summed E-state index contributed by atoms with van der Waals surface area (Å²) in [5, 5.41) is 25.6. The molecule has 4 aromatic rings. The number of tetrazole rings is 1. The Kier molecular flexibility index (Phi) is 7.69. The van der Waals surface area contributed by atoms with Crippen LogP contribution in [0, 0.1) is 13.8 Å². The average molecular weight is 531 g/mol. The molecule has 0 aliphatic carbocycles. The molecule has 11 nitrogen and oxygen atoms in total. The number of aromatic nitrogens is 4. The number of ether oxygens (including phenoxy) is 1. The van der Waals surface area contributed by atoms with Crippen molar-refractivity contribution in [1.82, 2.24) is 25.5 Å². The van der Waals surface area contributed by atoms with Crippen LogP contribution in [0.15, 0.2) is 65.1 Å². The second kappa shape index (κ2) is 11.5. The van der Waals surface area contributed by atoms with Gasteiger partial charge in [-0.05, 0) is 56.2 Å². The van der Waals surface area contributed by atoms with Gasteiger partial charge in [0.25, 0.3) is 11.8 Å². The number of hydrogen-bond acceptors (Lipinski definition) is 8. The first-order valence-electron chi connectivity index (χ1n) is 12.8. The molecule has 1 aliphatic rings. The largest absolute Gasteiger partial charge is 0.508 e. The molecule has 1 aliphatic heterocycles. The fourth-order valence-electron chi connectivity index (χ4n) is 4.50. The highest BCUT2D eigenvalue weighted by atomic mass is 16.5. The van der Waals surface area contributed by atoms with Gasteiger partial charge in [-0.25, -0.2) is 0 Å². The smallest absolute Gasteiger partial charge is 0.251 e. The Labute approximate surface area is 225 Å². The Morgan fingerprint density at radius 3 is 2.67 bits per heavy atom. The van der Waals surface area contributed by atoms with Crippen LogP contribution in [0.1, 0.15) is 36.0 Å². The van der Waals surface area contributed by atoms with Gasteiger partial charge < -0.3 is 19.6 Å². The fourth-order valence-corrected chi connectivity index (χ4v) is 4.50. The van der Waals surface area contributed by atoms with Crippen molar-refractivity contribution in [1.29, 1.82) is 0 Å². The van der Waals surface area contributed by atoms with Crippen LogP contribution >= 0.6 is 0 Å². The lowest BCUT2D eigenvalue weighted by atomic mass is 10.1. The molecule has 2 aromatic heterocycles. The van der Waals surface area contributed by atoms with E-state index in [9.17, 15) is 14.7 Å². The number of aryl methyl sites for hydroxylation is 2. The zero-order valence-corrected chi connectivity index (χ0v) is 21.8. The number of carbonyl (C=O) groups excluding carboxylic acids is 2. The second-order valence-corrected chi connectivity index (χ2v) is 9.52. The predicted molar refractivity (Wildman–Crippen MR) is 142 cm³/mol. The van der Waals surface area contributed by atoms with Gasteiger partial charge in [-0.3, -0.25) is 14.5 Å². The quantitative estimate of drug-likeness (QED) is 0.336. The van der Waals surface area contributed by atoms with E-state index in [-0.39, 0.29) is 24.2 Å². The van der Waals surface area contributed by atoms with Gasteiger partial charge in [-0.15, -0.1) is 10.2 Å². The number of phenols is 1. The summed E-state index contributed by atoms with van der Waals surface area (Å²) in [6.45, 7) is 4.41. The highest BCUT2D eigenvalue weighted by molar-refractivity contribution is 6.01. The molecule has 0 radical (unpaired) electrons. The maximum Gasteiger partial charge on any atom is 0.251 e. The molecule has 5 rings (SSSR count). The topological polar surface area (TPSA) is 136 Å². The molecule has 39 heavy (non-hydrogen) atoms. The number of anilines is 1. The maximum absolute atomic E-state index is 13.9. The minimum atomic E-state index is -1.16. The Bertz CT molecular complexity index is 1440. The van der Waals surface area contributed by atoms with Crippen LogP contribution < -0.4 is 10.2 Å². The van der Waals surface area contributed by atoms with E-state index in [1.165, 1.54) is 21.8 Å². The first-order chi connectivity index (χ1) is 18.9. The minimum absolute atomic E-state index is 0.0556. The van der Waals surface area contributed by atoms with Gasteiger partial charge in [-0.1, -0.05) is 35.9 Å². The van der Waals surface area contributed by atoms with Crippen molar-refractivity contribution in [3.63, 3.8) is 0 Å². The van der Waals surface area contributed by atoms with E-state index in [1.807, 2.05) is 31.2 Å². The first kappa shape index (κ1) is 26.1. The summed E-state index contributed by atoms with van der Waals surface area (Å²) in [5.41, 5.74) is 2.17. The molecule has 1 saturated heterocycles.